The van der Waals surface area contributed by atoms with Crippen LogP contribution in [0.3, 0.4) is 0 Å². The van der Waals surface area contributed by atoms with Crippen LogP contribution < -0.4 is 124 Å². The summed E-state index contributed by atoms with van der Waals surface area (Å²) in [5.41, 5.74) is 2.91. The average Bonchev–Trinajstić information content (AvgIpc) is 3.05. The number of azo groups is 2. The maximum absolute atomic E-state index is 12.4. The van der Waals surface area contributed by atoms with Gasteiger partial charge in [0.15, 0.2) is 25.4 Å². The second-order valence-corrected chi connectivity index (χ2v) is 19.7. The van der Waals surface area contributed by atoms with Gasteiger partial charge in [-0.1, -0.05) is 0 Å². The Morgan fingerprint density at radius 1 is 0.533 bits per heavy atom. The molecule has 0 saturated heterocycles. The molecule has 0 fully saturated rings. The van der Waals surface area contributed by atoms with E-state index in [0.29, 0.717) is 12.1 Å². The van der Waals surface area contributed by atoms with E-state index in [4.69, 9.17) is 5.73 Å². The van der Waals surface area contributed by atoms with Crippen LogP contribution in [0, 0.1) is 0 Å². The minimum atomic E-state index is -5.56. The number of nitrogens with two attached hydrogens (primary N) is 1. The van der Waals surface area contributed by atoms with Gasteiger partial charge in [-0.15, -0.1) is 10.2 Å². The van der Waals surface area contributed by atoms with Crippen LogP contribution in [0.5, 0.6) is 5.75 Å². The third kappa shape index (κ3) is 16.4. The van der Waals surface area contributed by atoms with Gasteiger partial charge in [0.05, 0.1) is 66.7 Å². The van der Waals surface area contributed by atoms with Gasteiger partial charge in [-0.05, 0) is 66.0 Å². The summed E-state index contributed by atoms with van der Waals surface area (Å²) in [6.07, 6.45) is 0. The van der Waals surface area contributed by atoms with Crippen LogP contribution >= 0.6 is 0 Å². The molecule has 0 aliphatic carbocycles. The molecule has 0 amide bonds. The Hall–Kier alpha value is -0.600. The summed E-state index contributed by atoms with van der Waals surface area (Å²) >= 11 is 0. The van der Waals surface area contributed by atoms with E-state index >= 15 is 0 Å². The van der Waals surface area contributed by atoms with E-state index in [-0.39, 0.29) is 130 Å². The molecule has 0 aromatic heterocycles. The maximum Gasteiger partial charge on any atom is 1.00 e. The first-order valence-corrected chi connectivity index (χ1v) is 23.1. The summed E-state index contributed by atoms with van der Waals surface area (Å²) in [5.74, 6) is -3.03. The summed E-state index contributed by atoms with van der Waals surface area (Å²) in [5, 5.41) is 24.6. The van der Waals surface area contributed by atoms with Gasteiger partial charge in [0.25, 0.3) is 0 Å². The fraction of sp³-hybridized carbons (Fsp3) is 0.154. The van der Waals surface area contributed by atoms with Gasteiger partial charge in [-0.2, -0.15) is 10.2 Å². The van der Waals surface area contributed by atoms with Crippen LogP contribution in [-0.4, -0.2) is 98.5 Å². The Morgan fingerprint density at radius 2 is 0.867 bits per heavy atom. The van der Waals surface area contributed by atoms with Crippen molar-refractivity contribution in [1.82, 2.24) is 0 Å². The quantitative estimate of drug-likeness (QED) is 0.0346. The van der Waals surface area contributed by atoms with Crippen LogP contribution in [0.25, 0.3) is 10.8 Å². The predicted octanol–water partition coefficient (Wildman–Crippen LogP) is -10.7. The second-order valence-electron chi connectivity index (χ2n) is 10.7. The molecule has 0 radical (unpaired) electrons. The Labute approximate surface area is 431 Å². The third-order valence-electron chi connectivity index (χ3n) is 6.93. The summed E-state index contributed by atoms with van der Waals surface area (Å²) in [4.78, 5) is -3.29. The third-order valence-corrected chi connectivity index (χ3v) is 12.9. The zero-order valence-electron chi connectivity index (χ0n) is 31.2. The fourth-order valence-electron chi connectivity index (χ4n) is 4.48. The molecule has 4 aromatic carbocycles. The number of nitrogen functional groups attached to an aromatic ring is 1. The molecule has 24 nitrogen and oxygen atoms in total. The minimum Gasteiger partial charge on any atom is -0.744 e. The topological polar surface area (TPSA) is 411 Å². The molecule has 3 N–H and O–H groups in total. The molecule has 0 unspecified atom stereocenters. The van der Waals surface area contributed by atoms with E-state index in [9.17, 15) is 73.8 Å². The molecule has 34 heteroatoms. The number of phenols is 1. The standard InChI is InChI=1S/C26H25N5O19S6.4Na/c27-23-22-15(13-20(53(37,38)39)24(23)30-28-16-1-5-18(6-2-16)51(33,34)11-9-49-55(43,44)45)14-21(54(40,41)42)25(26(22)32)31-29-17-3-7-19(8-4-17)52(35,36)12-10-50-56(46,47)48;;;;/h1-8,13-14,32H,9-12,27H2,(H,37,38,39)(H,40,41,42)(H,43,44,45)(H,46,47,48);;;;/q;4*+1/p-4/b30-28+,31-29+;;;;. The normalized spacial score (nSPS) is 12.7. The number of nitrogens with zero attached hydrogens (tertiary/aromatic N) is 4. The molecule has 0 aliphatic rings. The van der Waals surface area contributed by atoms with Crippen LogP contribution in [0.1, 0.15) is 0 Å². The fourth-order valence-corrected chi connectivity index (χ4v) is 8.74. The average molecular weight is 992 g/mol. The minimum absolute atomic E-state index is 0. The largest absolute Gasteiger partial charge is 1.00 e. The van der Waals surface area contributed by atoms with Gasteiger partial charge < -0.3 is 29.1 Å². The van der Waals surface area contributed by atoms with Crippen molar-refractivity contribution in [2.24, 2.45) is 20.5 Å². The molecular formula is C26H21N5Na4O19S6. The maximum atomic E-state index is 12.4. The smallest absolute Gasteiger partial charge is 0.744 e. The van der Waals surface area contributed by atoms with Crippen LogP contribution in [0.4, 0.5) is 28.4 Å². The molecule has 0 saturated carbocycles. The zero-order valence-corrected chi connectivity index (χ0v) is 44.1. The van der Waals surface area contributed by atoms with Crippen molar-refractivity contribution in [2.75, 3.05) is 30.5 Å². The van der Waals surface area contributed by atoms with Gasteiger partial charge in [-0.3, -0.25) is 8.37 Å². The van der Waals surface area contributed by atoms with Gasteiger partial charge in [0.1, 0.15) is 31.6 Å². The molecule has 0 heterocycles. The van der Waals surface area contributed by atoms with Crippen molar-refractivity contribution < 1.29 is 200 Å². The van der Waals surface area contributed by atoms with Gasteiger partial charge in [0, 0.05) is 0 Å². The zero-order chi connectivity index (χ0) is 42.1. The molecule has 4 aromatic rings. The SMILES string of the molecule is Nc1c(/N=N/c2ccc(S(=O)(=O)CCOS(=O)(=O)[O-])cc2)c(S(=O)(=O)[O-])cc2cc(S(=O)(=O)[O-])c(/N=N/c3ccc(S(=O)(=O)CCOS(=O)(=O)[O-])cc3)c(O)c12.[Na+].[Na+].[Na+].[Na+]. The van der Waals surface area contributed by atoms with Crippen molar-refractivity contribution in [3.05, 3.63) is 60.7 Å². The van der Waals surface area contributed by atoms with Gasteiger partial charge in [0.2, 0.25) is 20.8 Å². The number of fused-ring (bicyclic) bond motifs is 1. The molecular weight excluding hydrogens is 971 g/mol. The Kier molecular flexibility index (Phi) is 22.8. The van der Waals surface area contributed by atoms with Crippen LogP contribution in [0.15, 0.2) is 101 Å². The van der Waals surface area contributed by atoms with Crippen molar-refractivity contribution in [1.29, 1.82) is 0 Å². The Bertz CT molecular complexity index is 2760. The number of aromatic hydroxyl groups is 1. The van der Waals surface area contributed by atoms with Crippen molar-refractivity contribution >= 4 is 99.9 Å². The van der Waals surface area contributed by atoms with Crippen molar-refractivity contribution in [2.45, 2.75) is 19.6 Å². The Balaban J connectivity index is 0.00000870. The van der Waals surface area contributed by atoms with Crippen molar-refractivity contribution in [3.63, 3.8) is 0 Å². The molecule has 0 aliphatic heterocycles. The first-order valence-electron chi connectivity index (χ1n) is 14.3. The summed E-state index contributed by atoms with van der Waals surface area (Å²) in [6.45, 7) is -1.97. The van der Waals surface area contributed by atoms with Gasteiger partial charge in [-0.25, -0.2) is 50.5 Å². The first kappa shape index (κ1) is 59.4. The number of rotatable bonds is 16. The van der Waals surface area contributed by atoms with E-state index in [1.165, 1.54) is 0 Å². The van der Waals surface area contributed by atoms with E-state index in [1.54, 1.807) is 0 Å². The molecule has 0 bridgehead atoms. The van der Waals surface area contributed by atoms with E-state index in [1.807, 2.05) is 0 Å². The summed E-state index contributed by atoms with van der Waals surface area (Å²) < 4.78 is 194. The van der Waals surface area contributed by atoms with E-state index < -0.39 is 139 Å². The molecule has 60 heavy (non-hydrogen) atoms. The monoisotopic (exact) mass is 991 g/mol. The number of hydrogen-bond donors (Lipinski definition) is 2. The predicted molar refractivity (Wildman–Crippen MR) is 183 cm³/mol. The van der Waals surface area contributed by atoms with Crippen LogP contribution in [-0.2, 0) is 69.1 Å². The van der Waals surface area contributed by atoms with Crippen LogP contribution in [0.2, 0.25) is 0 Å². The number of anilines is 1. The molecule has 4 rings (SSSR count). The number of sulfone groups is 2. The number of hydrogen-bond acceptors (Lipinski definition) is 24. The number of phenolic OH excluding ortho intramolecular Hbond substituents is 1. The Morgan fingerprint density at radius 3 is 1.20 bits per heavy atom. The van der Waals surface area contributed by atoms with E-state index in [0.717, 1.165) is 48.5 Å². The summed E-state index contributed by atoms with van der Waals surface area (Å²) in [7, 11) is -29.8. The van der Waals surface area contributed by atoms with E-state index in [2.05, 4.69) is 28.8 Å². The molecule has 0 atom stereocenters. The second kappa shape index (κ2) is 23.0. The number of benzene rings is 4. The van der Waals surface area contributed by atoms with Gasteiger partial charge >= 0.3 is 118 Å². The molecule has 0 spiro atoms. The summed E-state index contributed by atoms with van der Waals surface area (Å²) in [6, 6.07) is 8.97. The first-order chi connectivity index (χ1) is 25.6. The molecule has 304 valence electrons. The van der Waals surface area contributed by atoms with Crippen molar-refractivity contribution in [3.8, 4) is 5.75 Å².